The Hall–Kier alpha value is -3.06. The smallest absolute Gasteiger partial charge is 0.274 e. The van der Waals surface area contributed by atoms with Gasteiger partial charge in [-0.1, -0.05) is 36.4 Å². The minimum atomic E-state index is -0.487. The van der Waals surface area contributed by atoms with Crippen LogP contribution in [0.2, 0.25) is 0 Å². The number of carbonyl (C=O) groups is 1. The summed E-state index contributed by atoms with van der Waals surface area (Å²) >= 11 is 0. The number of nitrogens with one attached hydrogen (secondary N) is 1. The van der Waals surface area contributed by atoms with E-state index in [-0.39, 0.29) is 0 Å². The number of benzene rings is 2. The number of pyridine rings is 1. The molecule has 1 aromatic heterocycles. The van der Waals surface area contributed by atoms with Crippen molar-refractivity contribution in [3.05, 3.63) is 89.7 Å². The number of piperazine rings is 1. The largest absolute Gasteiger partial charge is 0.296 e. The van der Waals surface area contributed by atoms with Crippen LogP contribution in [0.25, 0.3) is 11.1 Å². The molecule has 2 heterocycles. The van der Waals surface area contributed by atoms with Crippen LogP contribution in [0.4, 0.5) is 0 Å². The maximum atomic E-state index is 11.5. The van der Waals surface area contributed by atoms with Gasteiger partial charge in [-0.25, -0.2) is 5.48 Å². The van der Waals surface area contributed by atoms with E-state index in [1.807, 2.05) is 24.5 Å². The Kier molecular flexibility index (Phi) is 6.95. The van der Waals surface area contributed by atoms with E-state index < -0.39 is 5.91 Å². The fourth-order valence-electron chi connectivity index (χ4n) is 4.66. The highest BCUT2D eigenvalue weighted by molar-refractivity contribution is 5.93. The second kappa shape index (κ2) is 10.0. The maximum absolute atomic E-state index is 11.5. The van der Waals surface area contributed by atoms with Gasteiger partial charge < -0.3 is 0 Å². The highest BCUT2D eigenvalue weighted by Crippen LogP contribution is 2.26. The second-order valence-corrected chi connectivity index (χ2v) is 8.60. The van der Waals surface area contributed by atoms with Gasteiger partial charge in [0.25, 0.3) is 5.91 Å². The zero-order valence-electron chi connectivity index (χ0n) is 18.6. The van der Waals surface area contributed by atoms with Crippen molar-refractivity contribution in [1.29, 1.82) is 0 Å². The third-order valence-corrected chi connectivity index (χ3v) is 6.26. The molecule has 0 spiro atoms. The number of aromatic nitrogens is 1. The number of nitrogens with zero attached hydrogens (tertiary/aromatic N) is 3. The number of amides is 1. The quantitative estimate of drug-likeness (QED) is 0.458. The zero-order chi connectivity index (χ0) is 22.5. The van der Waals surface area contributed by atoms with Crippen LogP contribution < -0.4 is 5.48 Å². The van der Waals surface area contributed by atoms with Crippen LogP contribution in [-0.2, 0) is 13.1 Å². The van der Waals surface area contributed by atoms with Gasteiger partial charge in [0.15, 0.2) is 0 Å². The lowest BCUT2D eigenvalue weighted by Crippen LogP contribution is -2.55. The van der Waals surface area contributed by atoms with Gasteiger partial charge in [-0.05, 0) is 60.4 Å². The van der Waals surface area contributed by atoms with E-state index in [1.54, 1.807) is 17.6 Å². The average molecular weight is 431 g/mol. The van der Waals surface area contributed by atoms with Crippen molar-refractivity contribution in [2.45, 2.75) is 39.0 Å². The summed E-state index contributed by atoms with van der Waals surface area (Å²) in [5, 5.41) is 8.79. The average Bonchev–Trinajstić information content (AvgIpc) is 2.82. The lowest BCUT2D eigenvalue weighted by Gasteiger charge is -2.44. The van der Waals surface area contributed by atoms with Crippen molar-refractivity contribution in [2.75, 3.05) is 13.1 Å². The third-order valence-electron chi connectivity index (χ3n) is 6.26. The summed E-state index contributed by atoms with van der Waals surface area (Å²) in [6.45, 7) is 8.33. The number of hydroxylamine groups is 1. The standard InChI is InChI=1S/C26H30N4O2/c1-19-15-29(18-24-5-3-4-6-25(24)22-11-13-27-14-12-22)16-20(2)30(19)17-21-7-9-23(10-8-21)26(31)28-32/h3-14,19-20,32H,15-18H2,1-2H3,(H,28,31)/t19-,20+. The molecule has 1 aliphatic rings. The molecule has 1 saturated heterocycles. The Balaban J connectivity index is 1.42. The molecule has 1 fully saturated rings. The van der Waals surface area contributed by atoms with Gasteiger partial charge in [-0.15, -0.1) is 0 Å². The van der Waals surface area contributed by atoms with Crippen molar-refractivity contribution in [2.24, 2.45) is 0 Å². The van der Waals surface area contributed by atoms with Crippen LogP contribution in [0.3, 0.4) is 0 Å². The first-order valence-corrected chi connectivity index (χ1v) is 11.0. The molecule has 0 saturated carbocycles. The topological polar surface area (TPSA) is 68.7 Å². The summed E-state index contributed by atoms with van der Waals surface area (Å²) in [6.07, 6.45) is 3.69. The summed E-state index contributed by atoms with van der Waals surface area (Å²) in [5.41, 5.74) is 7.10. The molecule has 2 N–H and O–H groups in total. The molecule has 0 unspecified atom stereocenters. The van der Waals surface area contributed by atoms with E-state index in [2.05, 4.69) is 65.0 Å². The molecule has 3 aromatic rings. The predicted molar refractivity (Wildman–Crippen MR) is 125 cm³/mol. The molecule has 2 atom stereocenters. The Morgan fingerprint density at radius 1 is 0.969 bits per heavy atom. The lowest BCUT2D eigenvalue weighted by atomic mass is 9.99. The van der Waals surface area contributed by atoms with Gasteiger partial charge in [-0.2, -0.15) is 0 Å². The zero-order valence-corrected chi connectivity index (χ0v) is 18.6. The van der Waals surface area contributed by atoms with Crippen LogP contribution in [0.1, 0.15) is 35.3 Å². The minimum Gasteiger partial charge on any atom is -0.296 e. The van der Waals surface area contributed by atoms with E-state index in [0.29, 0.717) is 17.6 Å². The van der Waals surface area contributed by atoms with E-state index >= 15 is 0 Å². The van der Waals surface area contributed by atoms with Gasteiger partial charge in [-0.3, -0.25) is 24.8 Å². The van der Waals surface area contributed by atoms with Gasteiger partial charge in [0.05, 0.1) is 0 Å². The van der Waals surface area contributed by atoms with Crippen molar-refractivity contribution < 1.29 is 10.0 Å². The lowest BCUT2D eigenvalue weighted by molar-refractivity contribution is 0.0291. The number of hydrogen-bond donors (Lipinski definition) is 2. The van der Waals surface area contributed by atoms with Crippen molar-refractivity contribution in [1.82, 2.24) is 20.3 Å². The molecular formula is C26H30N4O2. The van der Waals surface area contributed by atoms with E-state index in [9.17, 15) is 4.79 Å². The third kappa shape index (κ3) is 5.05. The molecule has 166 valence electrons. The number of hydrogen-bond acceptors (Lipinski definition) is 5. The highest BCUT2D eigenvalue weighted by Gasteiger charge is 2.29. The van der Waals surface area contributed by atoms with Crippen LogP contribution in [-0.4, -0.2) is 51.1 Å². The summed E-state index contributed by atoms with van der Waals surface area (Å²) < 4.78 is 0. The van der Waals surface area contributed by atoms with Crippen molar-refractivity contribution in [3.63, 3.8) is 0 Å². The molecule has 0 radical (unpaired) electrons. The maximum Gasteiger partial charge on any atom is 0.274 e. The molecular weight excluding hydrogens is 400 g/mol. The molecule has 6 nitrogen and oxygen atoms in total. The summed E-state index contributed by atoms with van der Waals surface area (Å²) in [5.74, 6) is -0.487. The fourth-order valence-corrected chi connectivity index (χ4v) is 4.66. The van der Waals surface area contributed by atoms with Gasteiger partial charge in [0.2, 0.25) is 0 Å². The molecule has 1 amide bonds. The molecule has 6 heteroatoms. The van der Waals surface area contributed by atoms with E-state index in [1.165, 1.54) is 16.7 Å². The van der Waals surface area contributed by atoms with Gasteiger partial charge in [0, 0.05) is 56.2 Å². The Morgan fingerprint density at radius 3 is 2.28 bits per heavy atom. The first kappa shape index (κ1) is 22.1. The van der Waals surface area contributed by atoms with Crippen LogP contribution in [0, 0.1) is 0 Å². The Bertz CT molecular complexity index is 1030. The van der Waals surface area contributed by atoms with E-state index in [0.717, 1.165) is 31.7 Å². The first-order valence-electron chi connectivity index (χ1n) is 11.0. The molecule has 4 rings (SSSR count). The van der Waals surface area contributed by atoms with Crippen LogP contribution >= 0.6 is 0 Å². The molecule has 2 aromatic carbocycles. The van der Waals surface area contributed by atoms with Gasteiger partial charge in [0.1, 0.15) is 0 Å². The van der Waals surface area contributed by atoms with Crippen LogP contribution in [0.15, 0.2) is 73.1 Å². The molecule has 0 aliphatic carbocycles. The van der Waals surface area contributed by atoms with Crippen LogP contribution in [0.5, 0.6) is 0 Å². The summed E-state index contributed by atoms with van der Waals surface area (Å²) in [7, 11) is 0. The Morgan fingerprint density at radius 2 is 1.62 bits per heavy atom. The number of carbonyl (C=O) groups excluding carboxylic acids is 1. The molecule has 32 heavy (non-hydrogen) atoms. The summed E-state index contributed by atoms with van der Waals surface area (Å²) in [4.78, 5) is 20.8. The predicted octanol–water partition coefficient (Wildman–Crippen LogP) is 3.96. The highest BCUT2D eigenvalue weighted by atomic mass is 16.5. The molecule has 0 bridgehead atoms. The molecule has 1 aliphatic heterocycles. The van der Waals surface area contributed by atoms with Crippen molar-refractivity contribution in [3.8, 4) is 11.1 Å². The minimum absolute atomic E-state index is 0.409. The normalized spacial score (nSPS) is 19.6. The van der Waals surface area contributed by atoms with Crippen molar-refractivity contribution >= 4 is 5.91 Å². The van der Waals surface area contributed by atoms with E-state index in [4.69, 9.17) is 5.21 Å². The SMILES string of the molecule is C[C@@H]1CN(Cc2ccccc2-c2ccncc2)C[C@H](C)N1Cc1ccc(C(=O)NO)cc1. The first-order chi connectivity index (χ1) is 15.5. The monoisotopic (exact) mass is 430 g/mol. The summed E-state index contributed by atoms with van der Waals surface area (Å²) in [6, 6.07) is 21.0. The fraction of sp³-hybridized carbons (Fsp3) is 0.308. The van der Waals surface area contributed by atoms with Gasteiger partial charge >= 0.3 is 0 Å². The second-order valence-electron chi connectivity index (χ2n) is 8.60. The number of rotatable bonds is 6. The Labute approximate surface area is 189 Å².